The summed E-state index contributed by atoms with van der Waals surface area (Å²) >= 11 is 9.04. The molecule has 0 spiro atoms. The van der Waals surface area contributed by atoms with Crippen LogP contribution in [-0.4, -0.2) is 28.7 Å². The first-order valence-electron chi connectivity index (χ1n) is 5.91. The van der Waals surface area contributed by atoms with E-state index in [9.17, 15) is 8.42 Å². The van der Waals surface area contributed by atoms with Crippen LogP contribution in [-0.2, 0) is 14.8 Å². The first kappa shape index (κ1) is 16.9. The van der Waals surface area contributed by atoms with Crippen LogP contribution in [0.25, 0.3) is 0 Å². The van der Waals surface area contributed by atoms with Gasteiger partial charge in [0.25, 0.3) is 0 Å². The highest BCUT2D eigenvalue weighted by molar-refractivity contribution is 9.10. The number of unbranched alkanes of at least 4 members (excludes halogenated alkanes) is 2. The summed E-state index contributed by atoms with van der Waals surface area (Å²) in [6, 6.07) is 4.54. The number of rotatable bonds is 8. The molecule has 1 aromatic rings. The lowest BCUT2D eigenvalue weighted by Gasteiger charge is -2.07. The van der Waals surface area contributed by atoms with Crippen LogP contribution < -0.4 is 4.72 Å². The summed E-state index contributed by atoms with van der Waals surface area (Å²) in [5.41, 5.74) is 0. The van der Waals surface area contributed by atoms with Crippen molar-refractivity contribution in [1.82, 2.24) is 4.72 Å². The van der Waals surface area contributed by atoms with Crippen molar-refractivity contribution in [3.8, 4) is 0 Å². The maximum Gasteiger partial charge on any atom is 0.240 e. The largest absolute Gasteiger partial charge is 0.385 e. The molecule has 0 aliphatic rings. The van der Waals surface area contributed by atoms with Gasteiger partial charge in [-0.25, -0.2) is 13.1 Å². The fraction of sp³-hybridized carbons (Fsp3) is 0.500. The Morgan fingerprint density at radius 2 is 2.05 bits per heavy atom. The van der Waals surface area contributed by atoms with Crippen LogP contribution in [0.3, 0.4) is 0 Å². The number of nitrogens with one attached hydrogen (secondary N) is 1. The fourth-order valence-electron chi connectivity index (χ4n) is 1.48. The average Bonchev–Trinajstić information content (AvgIpc) is 2.36. The van der Waals surface area contributed by atoms with Crippen molar-refractivity contribution in [2.75, 3.05) is 20.3 Å². The van der Waals surface area contributed by atoms with Gasteiger partial charge in [0.1, 0.15) is 0 Å². The van der Waals surface area contributed by atoms with E-state index in [2.05, 4.69) is 20.7 Å². The topological polar surface area (TPSA) is 55.4 Å². The van der Waals surface area contributed by atoms with E-state index in [0.717, 1.165) is 19.3 Å². The Kier molecular flexibility index (Phi) is 7.31. The summed E-state index contributed by atoms with van der Waals surface area (Å²) in [5.74, 6) is 0. The van der Waals surface area contributed by atoms with Crippen LogP contribution in [0.1, 0.15) is 19.3 Å². The highest BCUT2D eigenvalue weighted by Gasteiger charge is 2.14. The molecule has 0 saturated carbocycles. The van der Waals surface area contributed by atoms with E-state index < -0.39 is 10.0 Å². The SMILES string of the molecule is COCCCCCNS(=O)(=O)c1ccc(Cl)c(Br)c1. The predicted octanol–water partition coefficient (Wildman–Crippen LogP) is 3.20. The van der Waals surface area contributed by atoms with Crippen molar-refractivity contribution >= 4 is 37.6 Å². The Morgan fingerprint density at radius 1 is 1.32 bits per heavy atom. The van der Waals surface area contributed by atoms with Gasteiger partial charge in [-0.15, -0.1) is 0 Å². The van der Waals surface area contributed by atoms with Crippen LogP contribution in [0.15, 0.2) is 27.6 Å². The van der Waals surface area contributed by atoms with E-state index in [4.69, 9.17) is 16.3 Å². The van der Waals surface area contributed by atoms with Gasteiger partial charge in [0.2, 0.25) is 10.0 Å². The standard InChI is InChI=1S/C12H17BrClNO3S/c1-18-8-4-2-3-7-15-19(16,17)10-5-6-12(14)11(13)9-10/h5-6,9,15H,2-4,7-8H2,1H3. The third-order valence-corrected chi connectivity index (χ3v) is 5.19. The Balaban J connectivity index is 2.49. The summed E-state index contributed by atoms with van der Waals surface area (Å²) in [6.45, 7) is 1.13. The maximum absolute atomic E-state index is 12.0. The molecule has 0 fully saturated rings. The average molecular weight is 371 g/mol. The Labute approximate surface area is 127 Å². The lowest BCUT2D eigenvalue weighted by Crippen LogP contribution is -2.24. The van der Waals surface area contributed by atoms with Crippen LogP contribution in [0.5, 0.6) is 0 Å². The van der Waals surface area contributed by atoms with Gasteiger partial charge < -0.3 is 4.74 Å². The number of hydrogen-bond acceptors (Lipinski definition) is 3. The molecule has 7 heteroatoms. The molecule has 0 unspecified atom stereocenters. The Bertz CT molecular complexity index is 508. The zero-order valence-corrected chi connectivity index (χ0v) is 13.8. The van der Waals surface area contributed by atoms with Crippen molar-refractivity contribution in [2.45, 2.75) is 24.2 Å². The number of sulfonamides is 1. The zero-order chi connectivity index (χ0) is 14.3. The van der Waals surface area contributed by atoms with E-state index in [0.29, 0.717) is 22.6 Å². The van der Waals surface area contributed by atoms with Gasteiger partial charge >= 0.3 is 0 Å². The third-order valence-electron chi connectivity index (χ3n) is 2.52. The lowest BCUT2D eigenvalue weighted by molar-refractivity contribution is 0.192. The molecule has 0 aromatic heterocycles. The molecule has 0 aliphatic heterocycles. The highest BCUT2D eigenvalue weighted by Crippen LogP contribution is 2.25. The minimum Gasteiger partial charge on any atom is -0.385 e. The molecule has 0 saturated heterocycles. The molecule has 108 valence electrons. The summed E-state index contributed by atoms with van der Waals surface area (Å²) in [4.78, 5) is 0.209. The van der Waals surface area contributed by atoms with Gasteiger partial charge in [0.15, 0.2) is 0 Å². The van der Waals surface area contributed by atoms with E-state index in [1.807, 2.05) is 0 Å². The molecule has 0 radical (unpaired) electrons. The smallest absolute Gasteiger partial charge is 0.240 e. The first-order valence-corrected chi connectivity index (χ1v) is 8.56. The third kappa shape index (κ3) is 5.79. The first-order chi connectivity index (χ1) is 8.97. The Hall–Kier alpha value is -0.140. The normalized spacial score (nSPS) is 11.7. The minimum atomic E-state index is -3.46. The van der Waals surface area contributed by atoms with E-state index in [1.54, 1.807) is 13.2 Å². The zero-order valence-electron chi connectivity index (χ0n) is 10.7. The van der Waals surface area contributed by atoms with Crippen LogP contribution in [0, 0.1) is 0 Å². The van der Waals surface area contributed by atoms with Crippen LogP contribution in [0.2, 0.25) is 5.02 Å². The molecule has 4 nitrogen and oxygen atoms in total. The molecule has 1 N–H and O–H groups in total. The second kappa shape index (κ2) is 8.21. The van der Waals surface area contributed by atoms with E-state index >= 15 is 0 Å². The van der Waals surface area contributed by atoms with Gasteiger partial charge in [0.05, 0.1) is 9.92 Å². The van der Waals surface area contributed by atoms with Gasteiger partial charge in [-0.2, -0.15) is 0 Å². The van der Waals surface area contributed by atoms with Gasteiger partial charge in [0, 0.05) is 24.7 Å². The Morgan fingerprint density at radius 3 is 2.68 bits per heavy atom. The minimum absolute atomic E-state index is 0.209. The summed E-state index contributed by atoms with van der Waals surface area (Å²) in [7, 11) is -1.81. The van der Waals surface area contributed by atoms with Crippen molar-refractivity contribution < 1.29 is 13.2 Å². The summed E-state index contributed by atoms with van der Waals surface area (Å²) < 4.78 is 32.0. The molecule has 1 aromatic carbocycles. The maximum atomic E-state index is 12.0. The second-order valence-corrected chi connectivity index (χ2v) is 7.06. The molecule has 0 amide bonds. The summed E-state index contributed by atoms with van der Waals surface area (Å²) in [5, 5.41) is 0.485. The molecule has 0 atom stereocenters. The van der Waals surface area contributed by atoms with Gasteiger partial charge in [-0.05, 0) is 53.4 Å². The second-order valence-electron chi connectivity index (χ2n) is 4.03. The number of hydrogen-bond donors (Lipinski definition) is 1. The van der Waals surface area contributed by atoms with Crippen LogP contribution >= 0.6 is 27.5 Å². The van der Waals surface area contributed by atoms with Crippen molar-refractivity contribution in [3.05, 3.63) is 27.7 Å². The van der Waals surface area contributed by atoms with Gasteiger partial charge in [-0.3, -0.25) is 0 Å². The van der Waals surface area contributed by atoms with E-state index in [-0.39, 0.29) is 4.90 Å². The number of ether oxygens (including phenoxy) is 1. The fourth-order valence-corrected chi connectivity index (χ4v) is 3.23. The van der Waals surface area contributed by atoms with Crippen molar-refractivity contribution in [1.29, 1.82) is 0 Å². The summed E-state index contributed by atoms with van der Waals surface area (Å²) in [6.07, 6.45) is 2.66. The molecular formula is C12H17BrClNO3S. The molecule has 19 heavy (non-hydrogen) atoms. The number of halogens is 2. The van der Waals surface area contributed by atoms with E-state index in [1.165, 1.54) is 12.1 Å². The molecule has 0 heterocycles. The van der Waals surface area contributed by atoms with Crippen LogP contribution in [0.4, 0.5) is 0 Å². The number of benzene rings is 1. The molecular weight excluding hydrogens is 354 g/mol. The molecule has 1 rings (SSSR count). The van der Waals surface area contributed by atoms with Crippen molar-refractivity contribution in [2.24, 2.45) is 0 Å². The highest BCUT2D eigenvalue weighted by atomic mass is 79.9. The van der Waals surface area contributed by atoms with Gasteiger partial charge in [-0.1, -0.05) is 11.6 Å². The lowest BCUT2D eigenvalue weighted by atomic mass is 10.2. The number of methoxy groups -OCH3 is 1. The molecule has 0 aliphatic carbocycles. The molecule has 0 bridgehead atoms. The monoisotopic (exact) mass is 369 g/mol. The van der Waals surface area contributed by atoms with Crippen molar-refractivity contribution in [3.63, 3.8) is 0 Å². The predicted molar refractivity (Wildman–Crippen MR) is 80.1 cm³/mol. The quantitative estimate of drug-likeness (QED) is 0.715.